The van der Waals surface area contributed by atoms with Crippen molar-refractivity contribution in [3.63, 3.8) is 0 Å². The van der Waals surface area contributed by atoms with Crippen molar-refractivity contribution in [1.29, 1.82) is 0 Å². The summed E-state index contributed by atoms with van der Waals surface area (Å²) >= 11 is 0. The van der Waals surface area contributed by atoms with Crippen molar-refractivity contribution in [2.24, 2.45) is 0 Å². The molecule has 0 radical (unpaired) electrons. The first-order valence-corrected chi connectivity index (χ1v) is 2.44. The maximum atomic E-state index is 10.3. The quantitative estimate of drug-likeness (QED) is 0.378. The second kappa shape index (κ2) is 2.51. The maximum absolute atomic E-state index is 10.3. The minimum absolute atomic E-state index is 0.271. The van der Waals surface area contributed by atoms with Crippen molar-refractivity contribution in [3.05, 3.63) is 5.76 Å². The summed E-state index contributed by atoms with van der Waals surface area (Å²) in [6.07, 6.45) is -1.96. The molecule has 5 nitrogen and oxygen atoms in total. The fourth-order valence-corrected chi connectivity index (χ4v) is 0.527. The molecule has 1 aliphatic rings. The average molecular weight is 144 g/mol. The third kappa shape index (κ3) is 1.00. The van der Waals surface area contributed by atoms with Crippen LogP contribution in [-0.4, -0.2) is 25.5 Å². The molecular weight excluding hydrogens is 140 g/mol. The largest absolute Gasteiger partial charge is 0.517 e. The van der Waals surface area contributed by atoms with Crippen LogP contribution in [0.15, 0.2) is 5.76 Å². The van der Waals surface area contributed by atoms with E-state index in [0.717, 1.165) is 0 Å². The summed E-state index contributed by atoms with van der Waals surface area (Å²) in [5, 5.41) is 0. The van der Waals surface area contributed by atoms with Gasteiger partial charge >= 0.3 is 6.16 Å². The van der Waals surface area contributed by atoms with Crippen LogP contribution in [0.25, 0.3) is 0 Å². The molecular formula is C5H4O5. The van der Waals surface area contributed by atoms with Gasteiger partial charge in [-0.2, -0.15) is 0 Å². The van der Waals surface area contributed by atoms with Gasteiger partial charge in [0, 0.05) is 7.11 Å². The zero-order valence-corrected chi connectivity index (χ0v) is 5.12. The fraction of sp³-hybridized carbons (Fsp3) is 0.400. The van der Waals surface area contributed by atoms with E-state index in [4.69, 9.17) is 0 Å². The molecule has 0 amide bonds. The standard InChI is InChI=1S/C5H4O5/c1-8-4-3(2-6)9-5(7)10-4/h4H,1H3. The smallest absolute Gasteiger partial charge is 0.395 e. The van der Waals surface area contributed by atoms with Gasteiger partial charge in [-0.1, -0.05) is 0 Å². The molecule has 1 atom stereocenters. The Morgan fingerprint density at radius 3 is 2.80 bits per heavy atom. The molecule has 0 saturated carbocycles. The molecule has 54 valence electrons. The highest BCUT2D eigenvalue weighted by Gasteiger charge is 2.32. The zero-order valence-electron chi connectivity index (χ0n) is 5.12. The van der Waals surface area contributed by atoms with Crippen LogP contribution in [0.2, 0.25) is 0 Å². The van der Waals surface area contributed by atoms with Crippen LogP contribution < -0.4 is 0 Å². The second-order valence-electron chi connectivity index (χ2n) is 1.50. The van der Waals surface area contributed by atoms with Crippen LogP contribution in [0.4, 0.5) is 4.79 Å². The van der Waals surface area contributed by atoms with Gasteiger partial charge in [-0.3, -0.25) is 0 Å². The van der Waals surface area contributed by atoms with Gasteiger partial charge in [-0.25, -0.2) is 9.59 Å². The van der Waals surface area contributed by atoms with Crippen molar-refractivity contribution in [1.82, 2.24) is 0 Å². The summed E-state index contributed by atoms with van der Waals surface area (Å²) in [5.41, 5.74) is 0. The van der Waals surface area contributed by atoms with E-state index in [1.54, 1.807) is 0 Å². The Balaban J connectivity index is 2.76. The van der Waals surface area contributed by atoms with Crippen LogP contribution in [-0.2, 0) is 19.0 Å². The summed E-state index contributed by atoms with van der Waals surface area (Å²) in [7, 11) is 1.28. The number of methoxy groups -OCH3 is 1. The molecule has 0 spiro atoms. The molecule has 0 aromatic heterocycles. The van der Waals surface area contributed by atoms with E-state index in [0.29, 0.717) is 0 Å². The highest BCUT2D eigenvalue weighted by atomic mass is 16.8. The Morgan fingerprint density at radius 1 is 1.70 bits per heavy atom. The Bertz CT molecular complexity index is 202. The Labute approximate surface area is 56.2 Å². The van der Waals surface area contributed by atoms with E-state index in [1.165, 1.54) is 13.1 Å². The average Bonchev–Trinajstić information content (AvgIpc) is 2.30. The second-order valence-corrected chi connectivity index (χ2v) is 1.50. The Hall–Kier alpha value is -1.32. The molecule has 1 rings (SSSR count). The number of rotatable bonds is 1. The minimum atomic E-state index is -1.02. The Morgan fingerprint density at radius 2 is 2.40 bits per heavy atom. The normalized spacial score (nSPS) is 23.5. The molecule has 0 N–H and O–H groups in total. The van der Waals surface area contributed by atoms with Crippen molar-refractivity contribution in [3.8, 4) is 0 Å². The molecule has 10 heavy (non-hydrogen) atoms. The van der Waals surface area contributed by atoms with E-state index in [-0.39, 0.29) is 5.76 Å². The monoisotopic (exact) mass is 144 g/mol. The number of carbonyl (C=O) groups is 1. The molecule has 0 aromatic carbocycles. The van der Waals surface area contributed by atoms with Gasteiger partial charge in [0.1, 0.15) is 0 Å². The number of cyclic esters (lactones) is 2. The maximum Gasteiger partial charge on any atom is 0.517 e. The van der Waals surface area contributed by atoms with Crippen LogP contribution in [0.5, 0.6) is 0 Å². The van der Waals surface area contributed by atoms with Gasteiger partial charge < -0.3 is 14.2 Å². The molecule has 1 unspecified atom stereocenters. The van der Waals surface area contributed by atoms with E-state index >= 15 is 0 Å². The van der Waals surface area contributed by atoms with Crippen LogP contribution in [0.3, 0.4) is 0 Å². The summed E-state index contributed by atoms with van der Waals surface area (Å²) in [4.78, 5) is 20.2. The summed E-state index contributed by atoms with van der Waals surface area (Å²) in [6, 6.07) is 0. The van der Waals surface area contributed by atoms with E-state index in [2.05, 4.69) is 14.2 Å². The van der Waals surface area contributed by atoms with Crippen molar-refractivity contribution >= 4 is 12.1 Å². The number of ether oxygens (including phenoxy) is 3. The lowest BCUT2D eigenvalue weighted by molar-refractivity contribution is -0.0339. The summed E-state index contributed by atoms with van der Waals surface area (Å²) < 4.78 is 13.1. The third-order valence-corrected chi connectivity index (χ3v) is 0.925. The molecule has 1 saturated heterocycles. The number of hydrogen-bond donors (Lipinski definition) is 0. The lowest BCUT2D eigenvalue weighted by Crippen LogP contribution is -2.10. The van der Waals surface area contributed by atoms with Gasteiger partial charge in [0.05, 0.1) is 0 Å². The van der Waals surface area contributed by atoms with Crippen molar-refractivity contribution in [2.45, 2.75) is 6.29 Å². The zero-order chi connectivity index (χ0) is 7.56. The highest BCUT2D eigenvalue weighted by Crippen LogP contribution is 2.15. The van der Waals surface area contributed by atoms with E-state index in [1.807, 2.05) is 0 Å². The van der Waals surface area contributed by atoms with Crippen molar-refractivity contribution < 1.29 is 23.8 Å². The first-order valence-electron chi connectivity index (χ1n) is 2.44. The van der Waals surface area contributed by atoms with Gasteiger partial charge in [0.2, 0.25) is 0 Å². The van der Waals surface area contributed by atoms with Crippen molar-refractivity contribution in [2.75, 3.05) is 7.11 Å². The molecule has 1 fully saturated rings. The third-order valence-electron chi connectivity index (χ3n) is 0.925. The lowest BCUT2D eigenvalue weighted by Gasteiger charge is -1.99. The molecule has 1 aliphatic heterocycles. The summed E-state index contributed by atoms with van der Waals surface area (Å²) in [5.74, 6) is 1.10. The van der Waals surface area contributed by atoms with Gasteiger partial charge in [-0.05, 0) is 0 Å². The predicted molar refractivity (Wildman–Crippen MR) is 27.6 cm³/mol. The highest BCUT2D eigenvalue weighted by molar-refractivity contribution is 5.69. The number of hydrogen-bond acceptors (Lipinski definition) is 5. The van der Waals surface area contributed by atoms with Crippen LogP contribution in [0, 0.1) is 0 Å². The molecule has 1 heterocycles. The molecule has 5 heteroatoms. The van der Waals surface area contributed by atoms with E-state index in [9.17, 15) is 9.59 Å². The topological polar surface area (TPSA) is 61.8 Å². The predicted octanol–water partition coefficient (Wildman–Crippen LogP) is -0.159. The summed E-state index contributed by atoms with van der Waals surface area (Å²) in [6.45, 7) is 0. The molecule has 0 aliphatic carbocycles. The van der Waals surface area contributed by atoms with Crippen LogP contribution in [0.1, 0.15) is 0 Å². The van der Waals surface area contributed by atoms with Crippen LogP contribution >= 0.6 is 0 Å². The van der Waals surface area contributed by atoms with Gasteiger partial charge in [-0.15, -0.1) is 0 Å². The SMILES string of the molecule is COC1OC(=O)OC1=C=O. The minimum Gasteiger partial charge on any atom is -0.395 e. The number of carbonyl (C=O) groups excluding carboxylic acids is 2. The first kappa shape index (κ1) is 6.80. The lowest BCUT2D eigenvalue weighted by atomic mass is 10.5. The van der Waals surface area contributed by atoms with E-state index < -0.39 is 12.4 Å². The van der Waals surface area contributed by atoms with Gasteiger partial charge in [0.15, 0.2) is 5.94 Å². The van der Waals surface area contributed by atoms with Gasteiger partial charge in [0.25, 0.3) is 12.0 Å². The first-order chi connectivity index (χ1) is 4.77. The fourth-order valence-electron chi connectivity index (χ4n) is 0.527. The molecule has 0 bridgehead atoms. The molecule has 0 aromatic rings. The Kier molecular flexibility index (Phi) is 1.71.